The number of hydrogen-bond donors (Lipinski definition) is 2. The van der Waals surface area contributed by atoms with Gasteiger partial charge in [-0.25, -0.2) is 4.79 Å². The molecule has 152 valence electrons. The first-order valence-electron chi connectivity index (χ1n) is 8.83. The summed E-state index contributed by atoms with van der Waals surface area (Å²) in [7, 11) is 0. The number of carbonyl (C=O) groups excluding carboxylic acids is 2. The van der Waals surface area contributed by atoms with E-state index in [0.29, 0.717) is 11.4 Å². The van der Waals surface area contributed by atoms with E-state index in [4.69, 9.17) is 5.11 Å². The molecule has 0 spiro atoms. The van der Waals surface area contributed by atoms with Gasteiger partial charge in [-0.2, -0.15) is 13.2 Å². The van der Waals surface area contributed by atoms with E-state index in [1.54, 1.807) is 29.2 Å². The third-order valence-electron chi connectivity index (χ3n) is 4.99. The smallest absolute Gasteiger partial charge is 0.394 e. The van der Waals surface area contributed by atoms with Gasteiger partial charge in [0.2, 0.25) is 5.91 Å². The number of hydrogen-bond acceptors (Lipinski definition) is 3. The van der Waals surface area contributed by atoms with Crippen LogP contribution < -0.4 is 10.2 Å². The lowest BCUT2D eigenvalue weighted by Gasteiger charge is -2.21. The second-order valence-electron chi connectivity index (χ2n) is 7.10. The number of carboxylic acids is 1. The van der Waals surface area contributed by atoms with Crippen molar-refractivity contribution in [2.24, 2.45) is 11.8 Å². The number of anilines is 2. The number of rotatable bonds is 4. The molecular weight excluding hydrogens is 379 g/mol. The Kier molecular flexibility index (Phi) is 5.22. The minimum atomic E-state index is -4.70. The summed E-state index contributed by atoms with van der Waals surface area (Å²) in [6.07, 6.45) is -2.84. The fourth-order valence-electron chi connectivity index (χ4n) is 3.44. The zero-order chi connectivity index (χ0) is 20.6. The fraction of sp³-hybridized carbons (Fsp3) is 0.500. The maximum atomic E-state index is 13.0. The third kappa shape index (κ3) is 4.20. The van der Waals surface area contributed by atoms with E-state index in [-0.39, 0.29) is 11.9 Å². The van der Waals surface area contributed by atoms with Crippen molar-refractivity contribution in [1.82, 2.24) is 4.90 Å². The van der Waals surface area contributed by atoms with Crippen LogP contribution in [0.1, 0.15) is 19.8 Å². The third-order valence-corrected chi connectivity index (χ3v) is 4.99. The van der Waals surface area contributed by atoms with E-state index in [2.05, 4.69) is 5.32 Å². The molecule has 3 amide bonds. The molecule has 10 heteroatoms. The van der Waals surface area contributed by atoms with Crippen molar-refractivity contribution in [3.05, 3.63) is 24.3 Å². The molecule has 0 aromatic heterocycles. The van der Waals surface area contributed by atoms with Crippen molar-refractivity contribution in [2.45, 2.75) is 32.0 Å². The van der Waals surface area contributed by atoms with Crippen LogP contribution in [-0.4, -0.2) is 53.2 Å². The minimum absolute atomic E-state index is 0.0887. The standard InChI is InChI=1S/C18H20F3N3O4/c1-10(25)24(13-6-7-13)12-4-2-11(3-5-12)22-17(28)23-8-14(16(26)27)15(9-23)18(19,20)21/h2-5,13-15H,6-9H2,1H3,(H,22,28)(H,26,27)/t14-,15-/m1/s1. The lowest BCUT2D eigenvalue weighted by Crippen LogP contribution is -2.35. The van der Waals surface area contributed by atoms with Gasteiger partial charge in [-0.3, -0.25) is 9.59 Å². The van der Waals surface area contributed by atoms with Crippen LogP contribution in [0.4, 0.5) is 29.3 Å². The number of halogens is 3. The quantitative estimate of drug-likeness (QED) is 0.815. The molecule has 0 unspecified atom stereocenters. The molecule has 1 saturated carbocycles. The Morgan fingerprint density at radius 2 is 1.75 bits per heavy atom. The Hall–Kier alpha value is -2.78. The molecule has 0 radical (unpaired) electrons. The molecule has 1 aromatic rings. The molecule has 2 N–H and O–H groups in total. The van der Waals surface area contributed by atoms with Crippen molar-refractivity contribution >= 4 is 29.3 Å². The van der Waals surface area contributed by atoms with Crippen LogP contribution in [0.2, 0.25) is 0 Å². The molecule has 3 rings (SSSR count). The van der Waals surface area contributed by atoms with Gasteiger partial charge in [0, 0.05) is 37.4 Å². The molecular formula is C18H20F3N3O4. The van der Waals surface area contributed by atoms with Crippen LogP contribution in [0, 0.1) is 11.8 Å². The summed E-state index contributed by atoms with van der Waals surface area (Å²) in [5, 5.41) is 11.5. The first-order valence-corrected chi connectivity index (χ1v) is 8.83. The summed E-state index contributed by atoms with van der Waals surface area (Å²) >= 11 is 0. The number of benzene rings is 1. The molecule has 2 aliphatic rings. The van der Waals surface area contributed by atoms with Crippen LogP contribution in [0.25, 0.3) is 0 Å². The van der Waals surface area contributed by atoms with E-state index < -0.39 is 43.1 Å². The number of nitrogens with one attached hydrogen (secondary N) is 1. The van der Waals surface area contributed by atoms with Crippen LogP contribution in [0.15, 0.2) is 24.3 Å². The van der Waals surface area contributed by atoms with Crippen molar-refractivity contribution in [3.8, 4) is 0 Å². The van der Waals surface area contributed by atoms with E-state index in [1.807, 2.05) is 0 Å². The Balaban J connectivity index is 1.66. The van der Waals surface area contributed by atoms with Crippen LogP contribution in [0.3, 0.4) is 0 Å². The van der Waals surface area contributed by atoms with E-state index in [1.165, 1.54) is 6.92 Å². The van der Waals surface area contributed by atoms with Gasteiger partial charge in [0.25, 0.3) is 0 Å². The second kappa shape index (κ2) is 7.33. The minimum Gasteiger partial charge on any atom is -0.481 e. The van der Waals surface area contributed by atoms with Crippen LogP contribution >= 0.6 is 0 Å². The zero-order valence-electron chi connectivity index (χ0n) is 15.1. The predicted octanol–water partition coefficient (Wildman–Crippen LogP) is 2.93. The molecule has 1 aliphatic carbocycles. The number of nitrogens with zero attached hydrogens (tertiary/aromatic N) is 2. The molecule has 1 aromatic carbocycles. The van der Waals surface area contributed by atoms with Gasteiger partial charge in [-0.1, -0.05) is 0 Å². The number of alkyl halides is 3. The summed E-state index contributed by atoms with van der Waals surface area (Å²) in [5.41, 5.74) is 1.02. The Morgan fingerprint density at radius 3 is 2.18 bits per heavy atom. The summed E-state index contributed by atoms with van der Waals surface area (Å²) in [6.45, 7) is 0.255. The van der Waals surface area contributed by atoms with Gasteiger partial charge < -0.3 is 20.2 Å². The Labute approximate surface area is 159 Å². The van der Waals surface area contributed by atoms with Crippen molar-refractivity contribution in [1.29, 1.82) is 0 Å². The Morgan fingerprint density at radius 1 is 1.14 bits per heavy atom. The highest BCUT2D eigenvalue weighted by Gasteiger charge is 2.53. The average molecular weight is 399 g/mol. The molecule has 0 bridgehead atoms. The molecule has 2 atom stereocenters. The first kappa shape index (κ1) is 20.0. The van der Waals surface area contributed by atoms with Crippen molar-refractivity contribution in [2.75, 3.05) is 23.3 Å². The number of amides is 3. The van der Waals surface area contributed by atoms with Gasteiger partial charge in [0.05, 0.1) is 11.8 Å². The number of carboxylic acid groups (broad SMARTS) is 1. The summed E-state index contributed by atoms with van der Waals surface area (Å²) in [6, 6.07) is 5.79. The summed E-state index contributed by atoms with van der Waals surface area (Å²) < 4.78 is 39.1. The predicted molar refractivity (Wildman–Crippen MR) is 93.9 cm³/mol. The normalized spacial score (nSPS) is 22.1. The maximum Gasteiger partial charge on any atom is 0.394 e. The SMILES string of the molecule is CC(=O)N(c1ccc(NC(=O)N2C[C@@H](C(F)(F)F)[C@H](C(=O)O)C2)cc1)C1CC1. The summed E-state index contributed by atoms with van der Waals surface area (Å²) in [4.78, 5) is 37.7. The summed E-state index contributed by atoms with van der Waals surface area (Å²) in [5.74, 6) is -5.45. The molecule has 7 nitrogen and oxygen atoms in total. The van der Waals surface area contributed by atoms with Crippen molar-refractivity contribution in [3.63, 3.8) is 0 Å². The van der Waals surface area contributed by atoms with Gasteiger partial charge in [0.15, 0.2) is 0 Å². The first-order chi connectivity index (χ1) is 13.1. The van der Waals surface area contributed by atoms with Crippen LogP contribution in [-0.2, 0) is 9.59 Å². The molecule has 1 aliphatic heterocycles. The largest absolute Gasteiger partial charge is 0.481 e. The van der Waals surface area contributed by atoms with Gasteiger partial charge >= 0.3 is 18.2 Å². The highest BCUT2D eigenvalue weighted by Crippen LogP contribution is 2.38. The number of likely N-dealkylation sites (tertiary alicyclic amines) is 1. The fourth-order valence-corrected chi connectivity index (χ4v) is 3.44. The lowest BCUT2D eigenvalue weighted by molar-refractivity contribution is -0.187. The number of carbonyl (C=O) groups is 3. The lowest BCUT2D eigenvalue weighted by atomic mass is 9.96. The topological polar surface area (TPSA) is 90.0 Å². The molecule has 2 fully saturated rings. The monoisotopic (exact) mass is 399 g/mol. The number of urea groups is 1. The molecule has 28 heavy (non-hydrogen) atoms. The molecule has 1 saturated heterocycles. The van der Waals surface area contributed by atoms with Gasteiger partial charge in [-0.15, -0.1) is 0 Å². The van der Waals surface area contributed by atoms with Gasteiger partial charge in [-0.05, 0) is 37.1 Å². The maximum absolute atomic E-state index is 13.0. The number of aliphatic carboxylic acids is 1. The van der Waals surface area contributed by atoms with Gasteiger partial charge in [0.1, 0.15) is 0 Å². The van der Waals surface area contributed by atoms with Crippen molar-refractivity contribution < 1.29 is 32.7 Å². The van der Waals surface area contributed by atoms with E-state index >= 15 is 0 Å². The highest BCUT2D eigenvalue weighted by molar-refractivity contribution is 5.94. The second-order valence-corrected chi connectivity index (χ2v) is 7.10. The molecule has 1 heterocycles. The average Bonchev–Trinajstić information content (AvgIpc) is 3.29. The Bertz CT molecular complexity index is 777. The van der Waals surface area contributed by atoms with Crippen LogP contribution in [0.5, 0.6) is 0 Å². The zero-order valence-corrected chi connectivity index (χ0v) is 15.1. The highest BCUT2D eigenvalue weighted by atomic mass is 19.4. The van der Waals surface area contributed by atoms with E-state index in [0.717, 1.165) is 17.7 Å². The van der Waals surface area contributed by atoms with E-state index in [9.17, 15) is 27.6 Å².